The molecule has 0 aliphatic rings. The first-order chi connectivity index (χ1) is 22.3. The molecule has 0 unspecified atom stereocenters. The summed E-state index contributed by atoms with van der Waals surface area (Å²) in [5.74, 6) is -2.05. The van der Waals surface area contributed by atoms with Gasteiger partial charge in [-0.15, -0.1) is 0 Å². The van der Waals surface area contributed by atoms with Crippen molar-refractivity contribution >= 4 is 47.0 Å². The number of hydroxylamine groups is 1. The Morgan fingerprint density at radius 2 is 1.40 bits per heavy atom. The van der Waals surface area contributed by atoms with Gasteiger partial charge in [0.1, 0.15) is 17.9 Å². The molecule has 1 aromatic carbocycles. The van der Waals surface area contributed by atoms with E-state index in [1.54, 1.807) is 38.1 Å². The number of rotatable bonds is 23. The number of carbonyl (C=O) groups excluding carboxylic acids is 7. The molecule has 0 aliphatic heterocycles. The summed E-state index contributed by atoms with van der Waals surface area (Å²) < 4.78 is 0. The molecule has 15 nitrogen and oxygen atoms in total. The Morgan fingerprint density at radius 1 is 0.745 bits per heavy atom. The van der Waals surface area contributed by atoms with Gasteiger partial charge in [-0.25, -0.2) is 10.3 Å². The molecule has 7 amide bonds. The average molecular weight is 662 g/mol. The molecule has 47 heavy (non-hydrogen) atoms. The van der Waals surface area contributed by atoms with E-state index in [2.05, 4.69) is 32.1 Å². The summed E-state index contributed by atoms with van der Waals surface area (Å²) in [5, 5.41) is 13.4. The Hall–Kier alpha value is -4.53. The number of nitrogens with two attached hydrogens (primary N) is 1. The zero-order chi connectivity index (χ0) is 35.2. The van der Waals surface area contributed by atoms with Crippen LogP contribution in [0.1, 0.15) is 91.0 Å². The average Bonchev–Trinajstić information content (AvgIpc) is 2.99. The molecule has 1 rings (SSSR count). The minimum absolute atomic E-state index is 0.0259. The van der Waals surface area contributed by atoms with Gasteiger partial charge in [-0.2, -0.15) is 0 Å². The molecule has 2 atom stereocenters. The fraction of sp³-hybridized carbons (Fsp3) is 0.594. The highest BCUT2D eigenvalue weighted by atomic mass is 16.6. The van der Waals surface area contributed by atoms with E-state index < -0.39 is 29.9 Å². The third-order valence-electron chi connectivity index (χ3n) is 6.90. The zero-order valence-corrected chi connectivity index (χ0v) is 27.9. The highest BCUT2D eigenvalue weighted by Crippen LogP contribution is 2.13. The molecular formula is C32H51N7O8. The van der Waals surface area contributed by atoms with Gasteiger partial charge in [-0.05, 0) is 62.6 Å². The monoisotopic (exact) mass is 661 g/mol. The second-order valence-corrected chi connectivity index (χ2v) is 11.6. The second kappa shape index (κ2) is 22.9. The molecule has 0 radical (unpaired) electrons. The zero-order valence-electron chi connectivity index (χ0n) is 27.9. The molecular weight excluding hydrogens is 610 g/mol. The van der Waals surface area contributed by atoms with E-state index in [4.69, 9.17) is 10.6 Å². The number of urea groups is 1. The summed E-state index contributed by atoms with van der Waals surface area (Å²) >= 11 is 0. The Morgan fingerprint density at radius 3 is 2.02 bits per heavy atom. The van der Waals surface area contributed by atoms with E-state index in [1.807, 2.05) is 0 Å². The molecule has 0 spiro atoms. The number of carbonyl (C=O) groups is 7. The van der Waals surface area contributed by atoms with Crippen molar-refractivity contribution in [1.29, 1.82) is 0 Å². The van der Waals surface area contributed by atoms with Crippen LogP contribution < -0.4 is 37.8 Å². The lowest BCUT2D eigenvalue weighted by molar-refractivity contribution is -0.134. The largest absolute Gasteiger partial charge is 0.356 e. The van der Waals surface area contributed by atoms with Gasteiger partial charge in [0, 0.05) is 45.0 Å². The number of benzene rings is 1. The maximum Gasteiger partial charge on any atom is 0.312 e. The number of nitrogens with one attached hydrogen (secondary N) is 6. The van der Waals surface area contributed by atoms with Crippen molar-refractivity contribution < 1.29 is 38.4 Å². The number of ketones is 1. The maximum absolute atomic E-state index is 13.3. The van der Waals surface area contributed by atoms with Crippen LogP contribution in [0, 0.1) is 5.92 Å². The van der Waals surface area contributed by atoms with Gasteiger partial charge < -0.3 is 37.1 Å². The fourth-order valence-corrected chi connectivity index (χ4v) is 4.34. The molecule has 15 heteroatoms. The number of unbranched alkanes of at least 4 members (excludes halogenated alkanes) is 2. The predicted octanol–water partition coefficient (Wildman–Crippen LogP) is 1.70. The van der Waals surface area contributed by atoms with Crippen LogP contribution in [0.25, 0.3) is 0 Å². The third kappa shape index (κ3) is 19.6. The number of anilines is 1. The van der Waals surface area contributed by atoms with Crippen molar-refractivity contribution in [1.82, 2.24) is 26.7 Å². The molecule has 1 aromatic rings. The van der Waals surface area contributed by atoms with Crippen LogP contribution in [-0.4, -0.2) is 66.5 Å². The van der Waals surface area contributed by atoms with Crippen molar-refractivity contribution in [3.05, 3.63) is 29.8 Å². The van der Waals surface area contributed by atoms with Crippen molar-refractivity contribution in [2.75, 3.05) is 18.4 Å². The van der Waals surface area contributed by atoms with Crippen molar-refractivity contribution in [3.63, 3.8) is 0 Å². The molecule has 0 saturated heterocycles. The number of primary amides is 1. The van der Waals surface area contributed by atoms with E-state index in [1.165, 1.54) is 13.8 Å². The number of amides is 7. The van der Waals surface area contributed by atoms with E-state index in [0.29, 0.717) is 37.9 Å². The van der Waals surface area contributed by atoms with Crippen LogP contribution in [0.3, 0.4) is 0 Å². The summed E-state index contributed by atoms with van der Waals surface area (Å²) in [6.07, 6.45) is 3.79. The Balaban J connectivity index is 2.70. The molecule has 0 bridgehead atoms. The SMILES string of the molecule is CC(=O)CCCC(=O)N[C@H](C(=O)N[C@@H](CCCNC(N)=O)C(=O)Nc1ccc(CONC(=O)CCCCCNC(C)=O)cc1)C(C)C. The van der Waals surface area contributed by atoms with Gasteiger partial charge in [-0.3, -0.25) is 28.8 Å². The second-order valence-electron chi connectivity index (χ2n) is 11.6. The summed E-state index contributed by atoms with van der Waals surface area (Å²) in [6, 6.07) is 4.12. The van der Waals surface area contributed by atoms with Crippen LogP contribution in [-0.2, 0) is 40.2 Å². The summed E-state index contributed by atoms with van der Waals surface area (Å²) in [5.41, 5.74) is 8.72. The lowest BCUT2D eigenvalue weighted by Crippen LogP contribution is -2.54. The first-order valence-corrected chi connectivity index (χ1v) is 16.0. The normalized spacial score (nSPS) is 11.9. The molecule has 0 saturated carbocycles. The maximum atomic E-state index is 13.3. The first kappa shape index (κ1) is 40.5. The fourth-order valence-electron chi connectivity index (χ4n) is 4.34. The minimum Gasteiger partial charge on any atom is -0.356 e. The molecule has 0 aromatic heterocycles. The molecule has 8 N–H and O–H groups in total. The Labute approximate surface area is 276 Å². The highest BCUT2D eigenvalue weighted by molar-refractivity contribution is 5.98. The van der Waals surface area contributed by atoms with Gasteiger partial charge >= 0.3 is 6.03 Å². The summed E-state index contributed by atoms with van der Waals surface area (Å²) in [4.78, 5) is 89.3. The van der Waals surface area contributed by atoms with Crippen LogP contribution in [0.2, 0.25) is 0 Å². The van der Waals surface area contributed by atoms with E-state index in [-0.39, 0.29) is 61.8 Å². The van der Waals surface area contributed by atoms with E-state index in [9.17, 15) is 33.6 Å². The summed E-state index contributed by atoms with van der Waals surface area (Å²) in [6.45, 7) is 7.31. The van der Waals surface area contributed by atoms with Gasteiger partial charge in [0.2, 0.25) is 29.5 Å². The quantitative estimate of drug-likeness (QED) is 0.0673. The number of hydrogen-bond acceptors (Lipinski definition) is 8. The predicted molar refractivity (Wildman–Crippen MR) is 175 cm³/mol. The highest BCUT2D eigenvalue weighted by Gasteiger charge is 2.28. The van der Waals surface area contributed by atoms with Crippen LogP contribution in [0.5, 0.6) is 0 Å². The van der Waals surface area contributed by atoms with Crippen LogP contribution in [0.15, 0.2) is 24.3 Å². The lowest BCUT2D eigenvalue weighted by atomic mass is 10.0. The summed E-state index contributed by atoms with van der Waals surface area (Å²) in [7, 11) is 0. The topological polar surface area (TPSA) is 227 Å². The number of hydrogen-bond donors (Lipinski definition) is 7. The van der Waals surface area contributed by atoms with Gasteiger partial charge in [0.15, 0.2) is 0 Å². The molecule has 0 heterocycles. The minimum atomic E-state index is -0.989. The van der Waals surface area contributed by atoms with Gasteiger partial charge in [0.25, 0.3) is 0 Å². The molecule has 0 fully saturated rings. The Bertz CT molecular complexity index is 1190. The van der Waals surface area contributed by atoms with Gasteiger partial charge in [0.05, 0.1) is 6.61 Å². The number of Topliss-reactive ketones (excluding diaryl/α,β-unsaturated/α-hetero) is 1. The molecule has 262 valence electrons. The standard InChI is InChI=1S/C32H51N7O8/c1-21(2)29(38-27(42)13-8-10-22(3)40)31(45)37-26(11-9-19-35-32(33)46)30(44)36-25-16-14-24(15-17-25)20-47-39-28(43)12-6-5-7-18-34-23(4)41/h14-17,21,26,29H,5-13,18-20H2,1-4H3,(H,34,41)(H,36,44)(H,37,45)(H,38,42)(H,39,43)(H3,33,35,46)/t26-,29-/m0/s1. The van der Waals surface area contributed by atoms with E-state index in [0.717, 1.165) is 18.4 Å². The lowest BCUT2D eigenvalue weighted by Gasteiger charge is -2.25. The third-order valence-corrected chi connectivity index (χ3v) is 6.90. The van der Waals surface area contributed by atoms with E-state index >= 15 is 0 Å². The van der Waals surface area contributed by atoms with Crippen LogP contribution >= 0.6 is 0 Å². The van der Waals surface area contributed by atoms with Crippen molar-refractivity contribution in [2.24, 2.45) is 11.7 Å². The molecule has 0 aliphatic carbocycles. The Kier molecular flexibility index (Phi) is 19.7. The van der Waals surface area contributed by atoms with Crippen molar-refractivity contribution in [3.8, 4) is 0 Å². The first-order valence-electron chi connectivity index (χ1n) is 16.0. The van der Waals surface area contributed by atoms with Crippen molar-refractivity contribution in [2.45, 2.75) is 104 Å². The van der Waals surface area contributed by atoms with Gasteiger partial charge in [-0.1, -0.05) is 32.4 Å². The van der Waals surface area contributed by atoms with Crippen LogP contribution in [0.4, 0.5) is 10.5 Å². The smallest absolute Gasteiger partial charge is 0.312 e.